The summed E-state index contributed by atoms with van der Waals surface area (Å²) in [6.07, 6.45) is -10.5. The number of aromatic carboxylic acids is 1. The third kappa shape index (κ3) is 3.89. The predicted octanol–water partition coefficient (Wildman–Crippen LogP) is 3.44. The van der Waals surface area contributed by atoms with E-state index in [9.17, 15) is 31.1 Å². The zero-order valence-electron chi connectivity index (χ0n) is 9.14. The highest BCUT2D eigenvalue weighted by molar-refractivity contribution is 6.17. The molecule has 112 valence electrons. The smallest absolute Gasteiger partial charge is 0.477 e. The lowest BCUT2D eigenvalue weighted by atomic mass is 10.1. The topological polar surface area (TPSA) is 59.4 Å². The summed E-state index contributed by atoms with van der Waals surface area (Å²) >= 11 is 5.17. The molecule has 1 aromatic rings. The van der Waals surface area contributed by atoms with Crippen molar-refractivity contribution in [3.05, 3.63) is 23.0 Å². The lowest BCUT2D eigenvalue weighted by Crippen LogP contribution is -2.22. The van der Waals surface area contributed by atoms with Gasteiger partial charge in [0.1, 0.15) is 5.75 Å². The first kappa shape index (κ1) is 16.3. The van der Waals surface area contributed by atoms with Gasteiger partial charge in [-0.05, 0) is 0 Å². The lowest BCUT2D eigenvalue weighted by molar-refractivity contribution is -0.275. The van der Waals surface area contributed by atoms with Crippen LogP contribution in [0.4, 0.5) is 26.3 Å². The summed E-state index contributed by atoms with van der Waals surface area (Å²) in [4.78, 5) is 13.3. The van der Waals surface area contributed by atoms with Crippen LogP contribution in [0.1, 0.15) is 21.7 Å². The molecule has 1 N–H and O–H groups in total. The molecule has 0 spiro atoms. The van der Waals surface area contributed by atoms with Crippen LogP contribution in [-0.4, -0.2) is 22.4 Å². The molecule has 20 heavy (non-hydrogen) atoms. The maximum absolute atomic E-state index is 12.6. The molecule has 0 aliphatic heterocycles. The Labute approximate surface area is 111 Å². The Morgan fingerprint density at radius 1 is 1.30 bits per heavy atom. The van der Waals surface area contributed by atoms with Gasteiger partial charge >= 0.3 is 18.5 Å². The molecule has 1 aromatic heterocycles. The van der Waals surface area contributed by atoms with Crippen molar-refractivity contribution in [2.45, 2.75) is 18.4 Å². The van der Waals surface area contributed by atoms with Crippen LogP contribution in [0.25, 0.3) is 0 Å². The van der Waals surface area contributed by atoms with Gasteiger partial charge in [-0.25, -0.2) is 9.78 Å². The third-order valence-electron chi connectivity index (χ3n) is 1.93. The van der Waals surface area contributed by atoms with E-state index < -0.39 is 47.1 Å². The van der Waals surface area contributed by atoms with E-state index in [4.69, 9.17) is 16.7 Å². The average molecular weight is 324 g/mol. The number of rotatable bonds is 3. The number of pyridine rings is 1. The number of ether oxygens (including phenoxy) is 1. The van der Waals surface area contributed by atoms with E-state index >= 15 is 0 Å². The summed E-state index contributed by atoms with van der Waals surface area (Å²) in [6.45, 7) is 0. The van der Waals surface area contributed by atoms with Crippen molar-refractivity contribution < 1.29 is 41.0 Å². The van der Waals surface area contributed by atoms with Crippen LogP contribution in [0.5, 0.6) is 5.75 Å². The number of alkyl halides is 7. The number of halogens is 7. The fourth-order valence-electron chi connectivity index (χ4n) is 1.24. The van der Waals surface area contributed by atoms with Gasteiger partial charge in [0.2, 0.25) is 0 Å². The van der Waals surface area contributed by atoms with E-state index in [1.165, 1.54) is 0 Å². The molecule has 0 radical (unpaired) electrons. The molecule has 0 unspecified atom stereocenters. The summed E-state index contributed by atoms with van der Waals surface area (Å²) < 4.78 is 77.6. The first-order chi connectivity index (χ1) is 8.95. The lowest BCUT2D eigenvalue weighted by Gasteiger charge is -2.17. The molecule has 0 saturated carbocycles. The fraction of sp³-hybridized carbons (Fsp3) is 0.333. The van der Waals surface area contributed by atoms with Crippen LogP contribution >= 0.6 is 11.6 Å². The zero-order chi connectivity index (χ0) is 15.7. The minimum Gasteiger partial charge on any atom is -0.477 e. The Morgan fingerprint density at radius 3 is 2.20 bits per heavy atom. The molecule has 0 aromatic carbocycles. The van der Waals surface area contributed by atoms with Crippen molar-refractivity contribution >= 4 is 17.6 Å². The highest BCUT2D eigenvalue weighted by atomic mass is 35.5. The van der Waals surface area contributed by atoms with Crippen LogP contribution < -0.4 is 4.74 Å². The number of carbonyl (C=O) groups is 1. The average Bonchev–Trinajstić information content (AvgIpc) is 2.24. The number of nitrogens with zero attached hydrogens (tertiary/aromatic N) is 1. The number of hydrogen-bond donors (Lipinski definition) is 1. The second-order valence-corrected chi connectivity index (χ2v) is 3.58. The summed E-state index contributed by atoms with van der Waals surface area (Å²) in [5.74, 6) is -4.29. The van der Waals surface area contributed by atoms with Crippen LogP contribution in [0.2, 0.25) is 0 Å². The predicted molar refractivity (Wildman–Crippen MR) is 52.4 cm³/mol. The second kappa shape index (κ2) is 5.35. The van der Waals surface area contributed by atoms with E-state index in [-0.39, 0.29) is 6.07 Å². The number of aromatic nitrogens is 1. The summed E-state index contributed by atoms with van der Waals surface area (Å²) in [6, 6.07) is 0.225. The van der Waals surface area contributed by atoms with Gasteiger partial charge in [-0.3, -0.25) is 0 Å². The number of carboxylic acid groups (broad SMARTS) is 1. The van der Waals surface area contributed by atoms with Gasteiger partial charge in [0.25, 0.3) is 0 Å². The zero-order valence-corrected chi connectivity index (χ0v) is 9.90. The van der Waals surface area contributed by atoms with Gasteiger partial charge in [-0.15, -0.1) is 24.8 Å². The van der Waals surface area contributed by atoms with E-state index in [2.05, 4.69) is 9.72 Å². The van der Waals surface area contributed by atoms with Gasteiger partial charge in [-0.1, -0.05) is 0 Å². The van der Waals surface area contributed by atoms with Gasteiger partial charge in [0.15, 0.2) is 11.4 Å². The van der Waals surface area contributed by atoms with Crippen molar-refractivity contribution in [2.24, 2.45) is 0 Å². The normalized spacial score (nSPS) is 12.3. The number of carboxylic acids is 1. The Bertz CT molecular complexity index is 528. The Hall–Kier alpha value is -1.71. The van der Waals surface area contributed by atoms with Gasteiger partial charge in [0, 0.05) is 11.6 Å². The van der Waals surface area contributed by atoms with Crippen molar-refractivity contribution in [3.63, 3.8) is 0 Å². The molecule has 0 saturated heterocycles. The maximum atomic E-state index is 12.6. The molecule has 11 heteroatoms. The maximum Gasteiger partial charge on any atom is 0.573 e. The van der Waals surface area contributed by atoms with Crippen LogP contribution in [-0.2, 0) is 12.1 Å². The van der Waals surface area contributed by atoms with Crippen molar-refractivity contribution in [1.82, 2.24) is 4.98 Å². The minimum atomic E-state index is -5.30. The van der Waals surface area contributed by atoms with Crippen LogP contribution in [0.3, 0.4) is 0 Å². The largest absolute Gasteiger partial charge is 0.573 e. The van der Waals surface area contributed by atoms with Crippen molar-refractivity contribution in [2.75, 3.05) is 0 Å². The van der Waals surface area contributed by atoms with Crippen molar-refractivity contribution in [1.29, 1.82) is 0 Å². The highest BCUT2D eigenvalue weighted by Gasteiger charge is 2.40. The molecule has 0 atom stereocenters. The Morgan fingerprint density at radius 2 is 1.85 bits per heavy atom. The molecule has 0 fully saturated rings. The standard InChI is InChI=1S/C9H4ClF6NO3/c10-2-3-5(20-9(14,15)16)1-4(7(18)19)17-6(3)8(11,12)13/h1H,2H2,(H,18,19). The van der Waals surface area contributed by atoms with Gasteiger partial charge in [0.05, 0.1) is 5.88 Å². The highest BCUT2D eigenvalue weighted by Crippen LogP contribution is 2.37. The van der Waals surface area contributed by atoms with Crippen molar-refractivity contribution in [3.8, 4) is 5.75 Å². The summed E-state index contributed by atoms with van der Waals surface area (Å²) in [5.41, 5.74) is -4.18. The first-order valence-corrected chi connectivity index (χ1v) is 5.15. The summed E-state index contributed by atoms with van der Waals surface area (Å²) in [7, 11) is 0. The fourth-order valence-corrected chi connectivity index (χ4v) is 1.50. The molecule has 0 amide bonds. The van der Waals surface area contributed by atoms with Gasteiger partial charge < -0.3 is 9.84 Å². The first-order valence-electron chi connectivity index (χ1n) is 4.62. The summed E-state index contributed by atoms with van der Waals surface area (Å²) in [5, 5.41) is 8.56. The van der Waals surface area contributed by atoms with Crippen LogP contribution in [0.15, 0.2) is 6.07 Å². The van der Waals surface area contributed by atoms with E-state index in [0.717, 1.165) is 0 Å². The Kier molecular flexibility index (Phi) is 4.37. The van der Waals surface area contributed by atoms with E-state index in [1.807, 2.05) is 0 Å². The SMILES string of the molecule is O=C(O)c1cc(OC(F)(F)F)c(CCl)c(C(F)(F)F)n1. The number of hydrogen-bond acceptors (Lipinski definition) is 3. The molecule has 0 bridgehead atoms. The second-order valence-electron chi connectivity index (χ2n) is 3.32. The van der Waals surface area contributed by atoms with Crippen LogP contribution in [0, 0.1) is 0 Å². The molecular formula is C9H4ClF6NO3. The molecule has 1 heterocycles. The minimum absolute atomic E-state index is 0.225. The third-order valence-corrected chi connectivity index (χ3v) is 2.20. The molecule has 4 nitrogen and oxygen atoms in total. The Balaban J connectivity index is 3.55. The molecule has 0 aliphatic carbocycles. The molecular weight excluding hydrogens is 320 g/mol. The van der Waals surface area contributed by atoms with E-state index in [1.54, 1.807) is 0 Å². The monoisotopic (exact) mass is 323 g/mol. The van der Waals surface area contributed by atoms with Gasteiger partial charge in [-0.2, -0.15) is 13.2 Å². The molecule has 1 rings (SSSR count). The quantitative estimate of drug-likeness (QED) is 0.684. The van der Waals surface area contributed by atoms with E-state index in [0.29, 0.717) is 0 Å². The molecule has 0 aliphatic rings.